The Morgan fingerprint density at radius 1 is 1.35 bits per heavy atom. The third kappa shape index (κ3) is 4.83. The first-order valence-electron chi connectivity index (χ1n) is 5.00. The van der Waals surface area contributed by atoms with Gasteiger partial charge in [0.1, 0.15) is 19.0 Å². The summed E-state index contributed by atoms with van der Waals surface area (Å²) in [4.78, 5) is 9.71. The van der Waals surface area contributed by atoms with Gasteiger partial charge in [-0.3, -0.25) is 10.1 Å². The van der Waals surface area contributed by atoms with Crippen LogP contribution in [0.1, 0.15) is 5.56 Å². The van der Waals surface area contributed by atoms with Crippen LogP contribution in [0.15, 0.2) is 43.3 Å². The van der Waals surface area contributed by atoms with Gasteiger partial charge in [0.2, 0.25) is 6.20 Å². The summed E-state index contributed by atoms with van der Waals surface area (Å²) in [7, 11) is 0. The Morgan fingerprint density at radius 2 is 2.12 bits per heavy atom. The molecule has 0 aliphatic carbocycles. The molecule has 0 aliphatic heterocycles. The lowest BCUT2D eigenvalue weighted by Crippen LogP contribution is -2.04. The van der Waals surface area contributed by atoms with Crippen molar-refractivity contribution in [1.29, 1.82) is 0 Å². The average Bonchev–Trinajstić information content (AvgIpc) is 2.33. The Labute approximate surface area is 99.1 Å². The maximum Gasteiger partial charge on any atom is 0.235 e. The first-order chi connectivity index (χ1) is 8.24. The molecule has 0 aliphatic rings. The van der Waals surface area contributed by atoms with Crippen LogP contribution >= 0.6 is 0 Å². The van der Waals surface area contributed by atoms with Gasteiger partial charge in [0.15, 0.2) is 0 Å². The minimum Gasteiger partial charge on any atom is -0.498 e. The molecule has 0 heterocycles. The highest BCUT2D eigenvalue weighted by atomic mass is 16.6. The van der Waals surface area contributed by atoms with Gasteiger partial charge in [-0.1, -0.05) is 24.8 Å². The van der Waals surface area contributed by atoms with Gasteiger partial charge in [0, 0.05) is 11.6 Å². The Kier molecular flexibility index (Phi) is 5.30. The Hall–Kier alpha value is -2.30. The Balaban J connectivity index is 2.64. The van der Waals surface area contributed by atoms with Gasteiger partial charge in [-0.15, -0.1) is 0 Å². The van der Waals surface area contributed by atoms with E-state index in [2.05, 4.69) is 6.58 Å². The molecule has 5 heteroatoms. The SMILES string of the molecule is C=COCCOc1ccccc1C=C[N+](=O)[O-]. The van der Waals surface area contributed by atoms with Crippen molar-refractivity contribution in [2.45, 2.75) is 0 Å². The van der Waals surface area contributed by atoms with Crippen molar-refractivity contribution in [2.24, 2.45) is 0 Å². The fourth-order valence-electron chi connectivity index (χ4n) is 1.17. The summed E-state index contributed by atoms with van der Waals surface area (Å²) in [5.74, 6) is 0.582. The first-order valence-corrected chi connectivity index (χ1v) is 5.00. The van der Waals surface area contributed by atoms with E-state index in [0.717, 1.165) is 6.20 Å². The molecule has 5 nitrogen and oxygen atoms in total. The highest BCUT2D eigenvalue weighted by Crippen LogP contribution is 2.19. The molecule has 0 bridgehead atoms. The maximum atomic E-state index is 10.2. The van der Waals surface area contributed by atoms with Crippen LogP contribution in [-0.2, 0) is 4.74 Å². The number of nitro groups is 1. The van der Waals surface area contributed by atoms with Gasteiger partial charge in [-0.2, -0.15) is 0 Å². The molecule has 1 aromatic rings. The average molecular weight is 235 g/mol. The number of hydrogen-bond donors (Lipinski definition) is 0. The third-order valence-corrected chi connectivity index (χ3v) is 1.87. The Morgan fingerprint density at radius 3 is 2.82 bits per heavy atom. The fourth-order valence-corrected chi connectivity index (χ4v) is 1.17. The van der Waals surface area contributed by atoms with Crippen LogP contribution in [0.25, 0.3) is 6.08 Å². The van der Waals surface area contributed by atoms with Crippen molar-refractivity contribution >= 4 is 6.08 Å². The molecule has 0 unspecified atom stereocenters. The number of benzene rings is 1. The summed E-state index contributed by atoms with van der Waals surface area (Å²) in [5.41, 5.74) is 0.655. The summed E-state index contributed by atoms with van der Waals surface area (Å²) in [6, 6.07) is 7.07. The highest BCUT2D eigenvalue weighted by molar-refractivity contribution is 5.56. The van der Waals surface area contributed by atoms with Gasteiger partial charge in [-0.05, 0) is 6.07 Å². The van der Waals surface area contributed by atoms with E-state index in [0.29, 0.717) is 24.5 Å². The van der Waals surface area contributed by atoms with E-state index < -0.39 is 4.92 Å². The van der Waals surface area contributed by atoms with E-state index in [1.54, 1.807) is 24.3 Å². The lowest BCUT2D eigenvalue weighted by atomic mass is 10.2. The smallest absolute Gasteiger partial charge is 0.235 e. The summed E-state index contributed by atoms with van der Waals surface area (Å²) >= 11 is 0. The van der Waals surface area contributed by atoms with Gasteiger partial charge >= 0.3 is 0 Å². The third-order valence-electron chi connectivity index (χ3n) is 1.87. The van der Waals surface area contributed by atoms with Crippen molar-refractivity contribution in [3.8, 4) is 5.75 Å². The summed E-state index contributed by atoms with van der Waals surface area (Å²) in [6.45, 7) is 4.15. The Bertz CT molecular complexity index is 415. The van der Waals surface area contributed by atoms with E-state index >= 15 is 0 Å². The van der Waals surface area contributed by atoms with Crippen molar-refractivity contribution in [2.75, 3.05) is 13.2 Å². The number of nitrogens with zero attached hydrogens (tertiary/aromatic N) is 1. The number of hydrogen-bond acceptors (Lipinski definition) is 4. The molecular formula is C12H13NO4. The second-order valence-corrected chi connectivity index (χ2v) is 3.02. The van der Waals surface area contributed by atoms with Gasteiger partial charge in [0.05, 0.1) is 11.2 Å². The molecular weight excluding hydrogens is 222 g/mol. The molecule has 90 valence electrons. The molecule has 17 heavy (non-hydrogen) atoms. The zero-order chi connectivity index (χ0) is 12.5. The molecule has 0 saturated carbocycles. The zero-order valence-corrected chi connectivity index (χ0v) is 9.24. The number of para-hydroxylation sites is 1. The van der Waals surface area contributed by atoms with Crippen molar-refractivity contribution in [3.05, 3.63) is 59.0 Å². The van der Waals surface area contributed by atoms with Crippen LogP contribution in [0.2, 0.25) is 0 Å². The predicted octanol–water partition coefficient (Wildman–Crippen LogP) is 2.47. The predicted molar refractivity (Wildman–Crippen MR) is 64.1 cm³/mol. The van der Waals surface area contributed by atoms with Gasteiger partial charge < -0.3 is 9.47 Å². The van der Waals surface area contributed by atoms with E-state index in [9.17, 15) is 10.1 Å². The largest absolute Gasteiger partial charge is 0.498 e. The lowest BCUT2D eigenvalue weighted by molar-refractivity contribution is -0.400. The second kappa shape index (κ2) is 7.05. The van der Waals surface area contributed by atoms with Crippen LogP contribution in [-0.4, -0.2) is 18.1 Å². The van der Waals surface area contributed by atoms with Crippen molar-refractivity contribution in [1.82, 2.24) is 0 Å². The van der Waals surface area contributed by atoms with Crippen LogP contribution < -0.4 is 4.74 Å². The quantitative estimate of drug-likeness (QED) is 0.315. The molecule has 0 amide bonds. The molecule has 0 spiro atoms. The first kappa shape index (κ1) is 12.8. The number of rotatable bonds is 7. The molecule has 1 aromatic carbocycles. The minimum absolute atomic E-state index is 0.356. The van der Waals surface area contributed by atoms with Crippen molar-refractivity contribution < 1.29 is 14.4 Å². The van der Waals surface area contributed by atoms with Crippen LogP contribution in [0.5, 0.6) is 5.75 Å². The molecule has 0 atom stereocenters. The van der Waals surface area contributed by atoms with Crippen molar-refractivity contribution in [3.63, 3.8) is 0 Å². The lowest BCUT2D eigenvalue weighted by Gasteiger charge is -2.08. The normalized spacial score (nSPS) is 10.1. The maximum absolute atomic E-state index is 10.2. The van der Waals surface area contributed by atoms with Crippen LogP contribution in [0.4, 0.5) is 0 Å². The van der Waals surface area contributed by atoms with E-state index in [-0.39, 0.29) is 0 Å². The van der Waals surface area contributed by atoms with Crippen LogP contribution in [0.3, 0.4) is 0 Å². The van der Waals surface area contributed by atoms with Gasteiger partial charge in [-0.25, -0.2) is 0 Å². The van der Waals surface area contributed by atoms with E-state index in [1.165, 1.54) is 12.3 Å². The molecule has 0 aromatic heterocycles. The zero-order valence-electron chi connectivity index (χ0n) is 9.24. The van der Waals surface area contributed by atoms with E-state index in [4.69, 9.17) is 9.47 Å². The molecule has 0 saturated heterocycles. The minimum atomic E-state index is -0.516. The van der Waals surface area contributed by atoms with E-state index in [1.807, 2.05) is 0 Å². The van der Waals surface area contributed by atoms with Gasteiger partial charge in [0.25, 0.3) is 0 Å². The molecule has 1 rings (SSSR count). The topological polar surface area (TPSA) is 61.6 Å². The second-order valence-electron chi connectivity index (χ2n) is 3.02. The standard InChI is InChI=1S/C12H13NO4/c1-2-16-9-10-17-12-6-4-3-5-11(12)7-8-13(14)15/h2-8H,1,9-10H2. The molecule has 0 fully saturated rings. The summed E-state index contributed by atoms with van der Waals surface area (Å²) in [5, 5.41) is 10.2. The number of ether oxygens (including phenoxy) is 2. The summed E-state index contributed by atoms with van der Waals surface area (Å²) in [6.07, 6.45) is 3.61. The highest BCUT2D eigenvalue weighted by Gasteiger charge is 2.00. The summed E-state index contributed by atoms with van der Waals surface area (Å²) < 4.78 is 10.3. The monoisotopic (exact) mass is 235 g/mol. The molecule has 0 N–H and O–H groups in total. The molecule has 0 radical (unpaired) electrons. The fraction of sp³-hybridized carbons (Fsp3) is 0.167. The van der Waals surface area contributed by atoms with Crippen LogP contribution in [0, 0.1) is 10.1 Å².